The van der Waals surface area contributed by atoms with Crippen molar-refractivity contribution in [2.24, 2.45) is 15.9 Å². The fourth-order valence-corrected chi connectivity index (χ4v) is 0.105. The van der Waals surface area contributed by atoms with E-state index in [4.69, 9.17) is 0 Å². The lowest BCUT2D eigenvalue weighted by molar-refractivity contribution is 1.25. The smallest absolute Gasteiger partial charge is 0.134 e. The molecule has 0 atom stereocenters. The van der Waals surface area contributed by atoms with Gasteiger partial charge in [0, 0.05) is 6.21 Å². The Labute approximate surface area is 36.6 Å². The van der Waals surface area contributed by atoms with Gasteiger partial charge in [0.25, 0.3) is 0 Å². The van der Waals surface area contributed by atoms with E-state index in [0.717, 1.165) is 0 Å². The number of rotatable bonds is 1. The number of hydrogen-bond donors (Lipinski definition) is 1. The highest BCUT2D eigenvalue weighted by Gasteiger charge is 1.49. The molecule has 0 saturated carbocycles. The first-order valence-corrected chi connectivity index (χ1v) is 1.61. The van der Waals surface area contributed by atoms with Crippen molar-refractivity contribution < 1.29 is 0 Å². The third kappa shape index (κ3) is 3.14. The lowest BCUT2D eigenvalue weighted by Crippen LogP contribution is -1.77. The van der Waals surface area contributed by atoms with Gasteiger partial charge in [-0.05, 0) is 6.92 Å². The van der Waals surface area contributed by atoms with Gasteiger partial charge in [-0.1, -0.05) is 0 Å². The zero-order chi connectivity index (χ0) is 4.83. The van der Waals surface area contributed by atoms with Gasteiger partial charge < -0.3 is 5.84 Å². The maximum Gasteiger partial charge on any atom is 0.134 e. The summed E-state index contributed by atoms with van der Waals surface area (Å²) in [6, 6.07) is 0. The van der Waals surface area contributed by atoms with Crippen LogP contribution in [0.15, 0.2) is 10.1 Å². The zero-order valence-electron chi connectivity index (χ0n) is 3.63. The Morgan fingerprint density at radius 3 is 2.50 bits per heavy atom. The zero-order valence-corrected chi connectivity index (χ0v) is 3.63. The van der Waals surface area contributed by atoms with Crippen molar-refractivity contribution in [2.75, 3.05) is 0 Å². The molecule has 0 aliphatic rings. The summed E-state index contributed by atoms with van der Waals surface area (Å²) in [4.78, 5) is 3.55. The predicted octanol–water partition coefficient (Wildman–Crippen LogP) is -0.0209. The van der Waals surface area contributed by atoms with Crippen LogP contribution in [0.5, 0.6) is 0 Å². The average molecular weight is 85.1 g/mol. The van der Waals surface area contributed by atoms with E-state index in [-0.39, 0.29) is 0 Å². The van der Waals surface area contributed by atoms with E-state index in [1.165, 1.54) is 6.34 Å². The van der Waals surface area contributed by atoms with E-state index in [2.05, 4.69) is 15.9 Å². The molecular weight excluding hydrogens is 78.1 g/mol. The van der Waals surface area contributed by atoms with Gasteiger partial charge in [-0.2, -0.15) is 5.10 Å². The number of aliphatic imine (C=N–C) groups is 1. The van der Waals surface area contributed by atoms with Crippen molar-refractivity contribution in [2.45, 2.75) is 6.92 Å². The highest BCUT2D eigenvalue weighted by Crippen LogP contribution is 1.49. The number of nitrogens with zero attached hydrogens (tertiary/aromatic N) is 2. The minimum atomic E-state index is 1.28. The van der Waals surface area contributed by atoms with Crippen LogP contribution in [0.4, 0.5) is 0 Å². The molecule has 6 heavy (non-hydrogen) atoms. The molecule has 0 bridgehead atoms. The fraction of sp³-hybridized carbons (Fsp3) is 0.333. The van der Waals surface area contributed by atoms with Crippen LogP contribution in [0.1, 0.15) is 6.92 Å². The van der Waals surface area contributed by atoms with Gasteiger partial charge in [0.1, 0.15) is 6.34 Å². The van der Waals surface area contributed by atoms with Crippen LogP contribution in [-0.4, -0.2) is 12.6 Å². The number of nitrogens with two attached hydrogens (primary N) is 1. The topological polar surface area (TPSA) is 50.7 Å². The highest BCUT2D eigenvalue weighted by molar-refractivity contribution is 5.70. The van der Waals surface area contributed by atoms with Gasteiger partial charge in [0.05, 0.1) is 0 Å². The molecule has 3 nitrogen and oxygen atoms in total. The first-order chi connectivity index (χ1) is 2.91. The summed E-state index contributed by atoms with van der Waals surface area (Å²) in [5.74, 6) is 4.67. The Morgan fingerprint density at radius 2 is 2.33 bits per heavy atom. The van der Waals surface area contributed by atoms with E-state index in [0.29, 0.717) is 0 Å². The van der Waals surface area contributed by atoms with Crippen molar-refractivity contribution in [3.63, 3.8) is 0 Å². The van der Waals surface area contributed by atoms with Crippen molar-refractivity contribution in [1.29, 1.82) is 0 Å². The molecule has 3 heteroatoms. The van der Waals surface area contributed by atoms with Gasteiger partial charge in [0.15, 0.2) is 0 Å². The van der Waals surface area contributed by atoms with E-state index in [9.17, 15) is 0 Å². The summed E-state index contributed by atoms with van der Waals surface area (Å²) in [7, 11) is 0. The standard InChI is InChI=1S/C3H7N3/c1-2-5-3-6-4/h2-3H,4H2,1H3/b5-2-,6-3-. The quantitative estimate of drug-likeness (QED) is 0.207. The predicted molar refractivity (Wildman–Crippen MR) is 26.8 cm³/mol. The summed E-state index contributed by atoms with van der Waals surface area (Å²) in [5.41, 5.74) is 0. The summed E-state index contributed by atoms with van der Waals surface area (Å²) in [6.07, 6.45) is 2.89. The Hall–Kier alpha value is -0.860. The molecule has 0 spiro atoms. The summed E-state index contributed by atoms with van der Waals surface area (Å²) in [6.45, 7) is 1.79. The molecule has 0 heterocycles. The lowest BCUT2D eigenvalue weighted by Gasteiger charge is -1.65. The third-order valence-electron chi connectivity index (χ3n) is 0.282. The van der Waals surface area contributed by atoms with Crippen LogP contribution >= 0.6 is 0 Å². The largest absolute Gasteiger partial charge is 0.322 e. The minimum Gasteiger partial charge on any atom is -0.322 e. The van der Waals surface area contributed by atoms with Crippen molar-refractivity contribution in [3.05, 3.63) is 0 Å². The first-order valence-electron chi connectivity index (χ1n) is 1.61. The van der Waals surface area contributed by atoms with Crippen LogP contribution in [0.2, 0.25) is 0 Å². The summed E-state index contributed by atoms with van der Waals surface area (Å²) in [5, 5.41) is 3.10. The minimum absolute atomic E-state index is 1.28. The molecule has 0 unspecified atom stereocenters. The van der Waals surface area contributed by atoms with Crippen molar-refractivity contribution in [1.82, 2.24) is 0 Å². The third-order valence-corrected chi connectivity index (χ3v) is 0.282. The van der Waals surface area contributed by atoms with E-state index in [1.54, 1.807) is 13.1 Å². The second-order valence-electron chi connectivity index (χ2n) is 0.672. The molecule has 0 radical (unpaired) electrons. The molecule has 0 aliphatic carbocycles. The van der Waals surface area contributed by atoms with Crippen molar-refractivity contribution >= 4 is 12.6 Å². The molecule has 0 amide bonds. The Balaban J connectivity index is 3.07. The monoisotopic (exact) mass is 85.1 g/mol. The number of hydrazone groups is 1. The van der Waals surface area contributed by atoms with Crippen LogP contribution in [0, 0.1) is 0 Å². The van der Waals surface area contributed by atoms with E-state index < -0.39 is 0 Å². The number of hydrogen-bond acceptors (Lipinski definition) is 2. The molecule has 0 rings (SSSR count). The van der Waals surface area contributed by atoms with Gasteiger partial charge in [-0.25, -0.2) is 4.99 Å². The summed E-state index contributed by atoms with van der Waals surface area (Å²) >= 11 is 0. The Morgan fingerprint density at radius 1 is 1.67 bits per heavy atom. The van der Waals surface area contributed by atoms with Crippen LogP contribution in [0.25, 0.3) is 0 Å². The molecular formula is C3H7N3. The highest BCUT2D eigenvalue weighted by atomic mass is 15.1. The van der Waals surface area contributed by atoms with Gasteiger partial charge in [-0.15, -0.1) is 0 Å². The Kier molecular flexibility index (Phi) is 3.55. The second kappa shape index (κ2) is 4.14. The van der Waals surface area contributed by atoms with E-state index in [1.807, 2.05) is 0 Å². The molecule has 0 saturated heterocycles. The molecule has 34 valence electrons. The second-order valence-corrected chi connectivity index (χ2v) is 0.672. The van der Waals surface area contributed by atoms with Gasteiger partial charge in [0.2, 0.25) is 0 Å². The molecule has 0 fully saturated rings. The summed E-state index contributed by atoms with van der Waals surface area (Å²) < 4.78 is 0. The first kappa shape index (κ1) is 5.14. The normalized spacial score (nSPS) is 11.5. The maximum atomic E-state index is 4.67. The Bertz CT molecular complexity index is 54.4. The van der Waals surface area contributed by atoms with Crippen LogP contribution < -0.4 is 5.84 Å². The lowest BCUT2D eigenvalue weighted by atomic mass is 10.9. The molecule has 2 N–H and O–H groups in total. The average Bonchev–Trinajstić information content (AvgIpc) is 1.61. The maximum absolute atomic E-state index is 4.67. The van der Waals surface area contributed by atoms with Crippen molar-refractivity contribution in [3.8, 4) is 0 Å². The van der Waals surface area contributed by atoms with Crippen LogP contribution in [0.3, 0.4) is 0 Å². The van der Waals surface area contributed by atoms with Gasteiger partial charge in [-0.3, -0.25) is 0 Å². The van der Waals surface area contributed by atoms with Gasteiger partial charge >= 0.3 is 0 Å². The molecule has 0 aromatic rings. The molecule has 0 aliphatic heterocycles. The SMILES string of the molecule is C/C=N\C=N/N. The molecule has 0 aromatic heterocycles. The van der Waals surface area contributed by atoms with E-state index >= 15 is 0 Å². The van der Waals surface area contributed by atoms with Crippen LogP contribution in [-0.2, 0) is 0 Å². The fourth-order valence-electron chi connectivity index (χ4n) is 0.105. The molecule has 0 aromatic carbocycles.